The van der Waals surface area contributed by atoms with E-state index in [0.717, 1.165) is 25.2 Å². The maximum absolute atomic E-state index is 13.1. The second kappa shape index (κ2) is 13.3. The standard InChI is InChI=1S/C20H27F2N3O2.2C2HF3O2/c1-24-10-16(11-27-12-17-4-2-3-6-23-17)19(13-24)5-7-25(14-19)18(26)15-8-20(21,22)9-15;2*3-2(4,5)1(6)7/h2-4,6,15-16H,5,7-14H2,1H3;2*(H,6,7)/t16-,19+;;/m0../s1. The van der Waals surface area contributed by atoms with Crippen LogP contribution in [0.2, 0.25) is 0 Å². The Kier molecular flexibility index (Phi) is 11.0. The molecule has 2 saturated heterocycles. The van der Waals surface area contributed by atoms with Crippen LogP contribution in [0, 0.1) is 17.3 Å². The molecule has 0 bridgehead atoms. The number of hydrogen-bond acceptors (Lipinski definition) is 6. The topological polar surface area (TPSA) is 120 Å². The number of hydrogen-bond donors (Lipinski definition) is 2. The molecule has 1 aliphatic carbocycles. The number of nitrogens with zero attached hydrogens (tertiary/aromatic N) is 3. The van der Waals surface area contributed by atoms with Crippen molar-refractivity contribution in [3.8, 4) is 0 Å². The summed E-state index contributed by atoms with van der Waals surface area (Å²) in [6.07, 6.45) is -8.06. The third-order valence-corrected chi connectivity index (χ3v) is 6.90. The molecule has 1 aromatic heterocycles. The van der Waals surface area contributed by atoms with Crippen molar-refractivity contribution < 1.29 is 64.5 Å². The molecule has 1 aromatic rings. The summed E-state index contributed by atoms with van der Waals surface area (Å²) >= 11 is 0. The van der Waals surface area contributed by atoms with Crippen molar-refractivity contribution in [1.29, 1.82) is 0 Å². The van der Waals surface area contributed by atoms with Crippen LogP contribution >= 0.6 is 0 Å². The number of aliphatic carboxylic acids is 2. The smallest absolute Gasteiger partial charge is 0.475 e. The normalized spacial score (nSPS) is 24.1. The number of amides is 1. The Bertz CT molecular complexity index is 1020. The molecule has 0 unspecified atom stereocenters. The van der Waals surface area contributed by atoms with Crippen molar-refractivity contribution in [3.05, 3.63) is 30.1 Å². The Morgan fingerprint density at radius 2 is 1.59 bits per heavy atom. The number of halogens is 8. The van der Waals surface area contributed by atoms with Gasteiger partial charge in [-0.15, -0.1) is 0 Å². The van der Waals surface area contributed by atoms with Crippen molar-refractivity contribution in [3.63, 3.8) is 0 Å². The van der Waals surface area contributed by atoms with Crippen molar-refractivity contribution in [2.45, 2.75) is 44.1 Å². The fourth-order valence-electron chi connectivity index (χ4n) is 4.96. The van der Waals surface area contributed by atoms with E-state index in [4.69, 9.17) is 24.5 Å². The Hall–Kier alpha value is -3.08. The molecule has 2 aliphatic heterocycles. The quantitative estimate of drug-likeness (QED) is 0.487. The van der Waals surface area contributed by atoms with Crippen LogP contribution in [-0.4, -0.2) is 101 Å². The Labute approximate surface area is 229 Å². The molecule has 3 fully saturated rings. The molecule has 4 rings (SSSR count). The number of aromatic nitrogens is 1. The van der Waals surface area contributed by atoms with Gasteiger partial charge in [-0.05, 0) is 25.6 Å². The highest BCUT2D eigenvalue weighted by molar-refractivity contribution is 5.80. The van der Waals surface area contributed by atoms with Crippen molar-refractivity contribution in [1.82, 2.24) is 14.8 Å². The van der Waals surface area contributed by atoms with Gasteiger partial charge in [-0.1, -0.05) is 6.07 Å². The van der Waals surface area contributed by atoms with Crippen molar-refractivity contribution in [2.75, 3.05) is 39.8 Å². The van der Waals surface area contributed by atoms with Gasteiger partial charge >= 0.3 is 24.3 Å². The SMILES string of the molecule is CN1C[C@@H](COCc2ccccn2)[C@]2(CCN(C(=O)C3CC(F)(F)C3)C2)C1.O=C(O)C(F)(F)F.O=C(O)C(F)(F)F. The molecule has 232 valence electrons. The van der Waals surface area contributed by atoms with Crippen LogP contribution in [0.25, 0.3) is 0 Å². The van der Waals surface area contributed by atoms with Gasteiger partial charge in [0.25, 0.3) is 0 Å². The van der Waals surface area contributed by atoms with Gasteiger partial charge < -0.3 is 24.7 Å². The van der Waals surface area contributed by atoms with E-state index in [9.17, 15) is 39.9 Å². The van der Waals surface area contributed by atoms with Gasteiger partial charge in [-0.25, -0.2) is 18.4 Å². The minimum absolute atomic E-state index is 0.0147. The molecule has 41 heavy (non-hydrogen) atoms. The molecule has 3 heterocycles. The lowest BCUT2D eigenvalue weighted by Crippen LogP contribution is -2.47. The number of alkyl halides is 8. The maximum atomic E-state index is 13.1. The summed E-state index contributed by atoms with van der Waals surface area (Å²) in [5, 5.41) is 14.2. The summed E-state index contributed by atoms with van der Waals surface area (Å²) in [4.78, 5) is 38.8. The molecule has 0 aromatic carbocycles. The number of rotatable bonds is 5. The molecule has 17 heteroatoms. The Balaban J connectivity index is 0.000000349. The molecule has 1 saturated carbocycles. The van der Waals surface area contributed by atoms with Crippen molar-refractivity contribution in [2.24, 2.45) is 17.3 Å². The number of likely N-dealkylation sites (tertiary alicyclic amines) is 2. The summed E-state index contributed by atoms with van der Waals surface area (Å²) in [6.45, 7) is 4.31. The summed E-state index contributed by atoms with van der Waals surface area (Å²) in [5.41, 5.74) is 0.924. The van der Waals surface area contributed by atoms with E-state index in [2.05, 4.69) is 16.9 Å². The first-order chi connectivity index (χ1) is 18.8. The first kappa shape index (κ1) is 34.1. The van der Waals surface area contributed by atoms with Gasteiger partial charge in [-0.3, -0.25) is 9.78 Å². The molecule has 2 N–H and O–H groups in total. The molecule has 2 atom stereocenters. The molecule has 1 amide bonds. The zero-order chi connectivity index (χ0) is 31.2. The second-order valence-corrected chi connectivity index (χ2v) is 10.2. The highest BCUT2D eigenvalue weighted by Gasteiger charge is 2.54. The minimum atomic E-state index is -5.08. The van der Waals surface area contributed by atoms with E-state index in [1.54, 1.807) is 6.20 Å². The van der Waals surface area contributed by atoms with E-state index in [0.29, 0.717) is 32.2 Å². The van der Waals surface area contributed by atoms with Gasteiger partial charge in [0.05, 0.1) is 18.9 Å². The monoisotopic (exact) mass is 607 g/mol. The van der Waals surface area contributed by atoms with E-state index in [1.807, 2.05) is 23.1 Å². The van der Waals surface area contributed by atoms with E-state index in [-0.39, 0.29) is 24.2 Å². The fourth-order valence-corrected chi connectivity index (χ4v) is 4.96. The predicted octanol–water partition coefficient (Wildman–Crippen LogP) is 3.69. The largest absolute Gasteiger partial charge is 0.490 e. The molecular formula is C24H29F8N3O6. The van der Waals surface area contributed by atoms with E-state index >= 15 is 0 Å². The average molecular weight is 607 g/mol. The number of carbonyl (C=O) groups excluding carboxylic acids is 1. The Morgan fingerprint density at radius 1 is 1.02 bits per heavy atom. The lowest BCUT2D eigenvalue weighted by molar-refractivity contribution is -0.193. The number of pyridine rings is 1. The van der Waals surface area contributed by atoms with Crippen LogP contribution in [0.4, 0.5) is 35.1 Å². The lowest BCUT2D eigenvalue weighted by Gasteiger charge is -2.37. The van der Waals surface area contributed by atoms with Crippen LogP contribution in [0.1, 0.15) is 25.0 Å². The fraction of sp³-hybridized carbons (Fsp3) is 0.667. The molecule has 9 nitrogen and oxygen atoms in total. The third kappa shape index (κ3) is 10.1. The summed E-state index contributed by atoms with van der Waals surface area (Å²) < 4.78 is 95.7. The van der Waals surface area contributed by atoms with E-state index < -0.39 is 36.1 Å². The summed E-state index contributed by atoms with van der Waals surface area (Å²) in [5.74, 6) is -8.40. The number of carbonyl (C=O) groups is 3. The highest BCUT2D eigenvalue weighted by atomic mass is 19.4. The van der Waals surface area contributed by atoms with Crippen LogP contribution < -0.4 is 0 Å². The molecular weight excluding hydrogens is 578 g/mol. The molecule has 0 radical (unpaired) electrons. The number of ether oxygens (including phenoxy) is 1. The maximum Gasteiger partial charge on any atom is 0.490 e. The first-order valence-corrected chi connectivity index (χ1v) is 12.2. The summed E-state index contributed by atoms with van der Waals surface area (Å²) in [6, 6.07) is 5.77. The molecule has 3 aliphatic rings. The van der Waals surface area contributed by atoms with Crippen molar-refractivity contribution >= 4 is 17.8 Å². The first-order valence-electron chi connectivity index (χ1n) is 12.2. The average Bonchev–Trinajstić information content (AvgIpc) is 3.40. The van der Waals surface area contributed by atoms with Crippen LogP contribution in [-0.2, 0) is 25.7 Å². The third-order valence-electron chi connectivity index (χ3n) is 6.90. The van der Waals surface area contributed by atoms with E-state index in [1.165, 1.54) is 0 Å². The van der Waals surface area contributed by atoms with Gasteiger partial charge in [0.15, 0.2) is 0 Å². The van der Waals surface area contributed by atoms with Crippen LogP contribution in [0.15, 0.2) is 24.4 Å². The molecule has 1 spiro atoms. The zero-order valence-electron chi connectivity index (χ0n) is 21.7. The van der Waals surface area contributed by atoms with Gasteiger partial charge in [0.1, 0.15) is 0 Å². The second-order valence-electron chi connectivity index (χ2n) is 10.2. The highest BCUT2D eigenvalue weighted by Crippen LogP contribution is 2.47. The predicted molar refractivity (Wildman–Crippen MR) is 124 cm³/mol. The van der Waals surface area contributed by atoms with Gasteiger partial charge in [-0.2, -0.15) is 26.3 Å². The van der Waals surface area contributed by atoms with Crippen LogP contribution in [0.5, 0.6) is 0 Å². The zero-order valence-corrected chi connectivity index (χ0v) is 21.7. The lowest BCUT2D eigenvalue weighted by atomic mass is 9.77. The minimum Gasteiger partial charge on any atom is -0.475 e. The summed E-state index contributed by atoms with van der Waals surface area (Å²) in [7, 11) is 2.09. The number of carboxylic acid groups (broad SMARTS) is 2. The Morgan fingerprint density at radius 3 is 2.05 bits per heavy atom. The number of carboxylic acids is 2. The van der Waals surface area contributed by atoms with Gasteiger partial charge in [0, 0.05) is 62.5 Å². The van der Waals surface area contributed by atoms with Gasteiger partial charge in [0.2, 0.25) is 11.8 Å². The van der Waals surface area contributed by atoms with Crippen LogP contribution in [0.3, 0.4) is 0 Å².